The summed E-state index contributed by atoms with van der Waals surface area (Å²) >= 11 is 0. The summed E-state index contributed by atoms with van der Waals surface area (Å²) in [7, 11) is 0. The smallest absolute Gasteiger partial charge is 0.310 e. The van der Waals surface area contributed by atoms with Gasteiger partial charge in [0.25, 0.3) is 0 Å². The van der Waals surface area contributed by atoms with Crippen LogP contribution in [0.2, 0.25) is 0 Å². The lowest BCUT2D eigenvalue weighted by Crippen LogP contribution is -2.32. The van der Waals surface area contributed by atoms with Crippen LogP contribution in [0, 0.1) is 6.42 Å². The fourth-order valence-electron chi connectivity index (χ4n) is 1.24. The van der Waals surface area contributed by atoms with Crippen LogP contribution in [0.5, 0.6) is 0 Å². The molecule has 0 N–H and O–H groups in total. The van der Waals surface area contributed by atoms with E-state index in [4.69, 9.17) is 4.74 Å². The van der Waals surface area contributed by atoms with E-state index < -0.39 is 0 Å². The number of rotatable bonds is 5. The van der Waals surface area contributed by atoms with Crippen LogP contribution in [0.4, 0.5) is 0 Å². The number of ether oxygens (including phenoxy) is 1. The second-order valence-corrected chi connectivity index (χ2v) is 2.95. The minimum atomic E-state index is -0.233. The molecule has 0 fully saturated rings. The van der Waals surface area contributed by atoms with Gasteiger partial charge in [0.15, 0.2) is 0 Å². The Morgan fingerprint density at radius 1 is 1.25 bits per heavy atom. The van der Waals surface area contributed by atoms with Gasteiger partial charge in [0, 0.05) is 0 Å². The van der Waals surface area contributed by atoms with Crippen molar-refractivity contribution >= 4 is 5.97 Å². The zero-order valence-corrected chi connectivity index (χ0v) is 8.52. The van der Waals surface area contributed by atoms with E-state index in [1.54, 1.807) is 6.92 Å². The van der Waals surface area contributed by atoms with Crippen LogP contribution in [0.25, 0.3) is 0 Å². The van der Waals surface area contributed by atoms with Crippen molar-refractivity contribution in [3.05, 3.63) is 6.42 Å². The summed E-state index contributed by atoms with van der Waals surface area (Å²) in [5.74, 6) is -0.208. The molecule has 0 spiro atoms. The van der Waals surface area contributed by atoms with Crippen LogP contribution in [0.15, 0.2) is 0 Å². The Morgan fingerprint density at radius 3 is 1.92 bits per heavy atom. The highest BCUT2D eigenvalue weighted by molar-refractivity contribution is 5.78. The Morgan fingerprint density at radius 2 is 1.67 bits per heavy atom. The van der Waals surface area contributed by atoms with Crippen molar-refractivity contribution in [1.82, 2.24) is 0 Å². The van der Waals surface area contributed by atoms with E-state index in [1.807, 2.05) is 0 Å². The molecule has 0 aliphatic carbocycles. The fourth-order valence-corrected chi connectivity index (χ4v) is 1.24. The molecule has 1 radical (unpaired) electrons. The van der Waals surface area contributed by atoms with Gasteiger partial charge in [-0.1, -0.05) is 27.7 Å². The summed E-state index contributed by atoms with van der Waals surface area (Å²) < 4.78 is 5.34. The SMILES string of the molecule is C[CH]C(=O)OC(CC)(CC)CC. The first kappa shape index (κ1) is 11.5. The molecule has 0 unspecified atom stereocenters. The van der Waals surface area contributed by atoms with Gasteiger partial charge in [-0.25, -0.2) is 0 Å². The molecule has 0 heterocycles. The van der Waals surface area contributed by atoms with E-state index in [1.165, 1.54) is 6.42 Å². The summed E-state index contributed by atoms with van der Waals surface area (Å²) in [5.41, 5.74) is -0.233. The topological polar surface area (TPSA) is 26.3 Å². The van der Waals surface area contributed by atoms with E-state index in [2.05, 4.69) is 20.8 Å². The lowest BCUT2D eigenvalue weighted by Gasteiger charge is -2.30. The van der Waals surface area contributed by atoms with Crippen molar-refractivity contribution in [2.75, 3.05) is 0 Å². The molecule has 0 aromatic rings. The first-order chi connectivity index (χ1) is 5.64. The zero-order valence-electron chi connectivity index (χ0n) is 8.52. The molecule has 0 aromatic carbocycles. The molecule has 2 nitrogen and oxygen atoms in total. The maximum atomic E-state index is 11.0. The molecule has 0 saturated heterocycles. The van der Waals surface area contributed by atoms with Crippen LogP contribution < -0.4 is 0 Å². The second kappa shape index (κ2) is 5.18. The fraction of sp³-hybridized carbons (Fsp3) is 0.800. The van der Waals surface area contributed by atoms with E-state index in [9.17, 15) is 4.79 Å². The number of carbonyl (C=O) groups is 1. The van der Waals surface area contributed by atoms with Gasteiger partial charge in [0.2, 0.25) is 0 Å². The molecule has 12 heavy (non-hydrogen) atoms. The Balaban J connectivity index is 4.19. The maximum absolute atomic E-state index is 11.0. The van der Waals surface area contributed by atoms with Crippen molar-refractivity contribution < 1.29 is 9.53 Å². The lowest BCUT2D eigenvalue weighted by molar-refractivity contribution is -0.156. The molecule has 0 amide bonds. The molecule has 0 aliphatic rings. The predicted octanol–water partition coefficient (Wildman–Crippen LogP) is 2.72. The highest BCUT2D eigenvalue weighted by Crippen LogP contribution is 2.24. The molecular formula is C10H19O2. The van der Waals surface area contributed by atoms with Gasteiger partial charge in [-0.15, -0.1) is 0 Å². The lowest BCUT2D eigenvalue weighted by atomic mass is 9.94. The Kier molecular flexibility index (Phi) is 4.95. The number of hydrogen-bond donors (Lipinski definition) is 0. The Hall–Kier alpha value is -0.530. The minimum absolute atomic E-state index is 0.208. The van der Waals surface area contributed by atoms with Crippen molar-refractivity contribution in [1.29, 1.82) is 0 Å². The summed E-state index contributed by atoms with van der Waals surface area (Å²) in [6, 6.07) is 0. The maximum Gasteiger partial charge on any atom is 0.310 e. The normalized spacial score (nSPS) is 11.3. The molecule has 0 bridgehead atoms. The largest absolute Gasteiger partial charge is 0.459 e. The Labute approximate surface area is 75.3 Å². The minimum Gasteiger partial charge on any atom is -0.459 e. The molecule has 0 atom stereocenters. The molecule has 71 valence electrons. The van der Waals surface area contributed by atoms with Crippen molar-refractivity contribution in [2.24, 2.45) is 0 Å². The van der Waals surface area contributed by atoms with Crippen LogP contribution in [0.1, 0.15) is 47.0 Å². The first-order valence-corrected chi connectivity index (χ1v) is 4.66. The predicted molar refractivity (Wildman–Crippen MR) is 49.7 cm³/mol. The van der Waals surface area contributed by atoms with Gasteiger partial charge in [0.1, 0.15) is 5.60 Å². The second-order valence-electron chi connectivity index (χ2n) is 2.95. The molecule has 2 heteroatoms. The van der Waals surface area contributed by atoms with E-state index >= 15 is 0 Å². The van der Waals surface area contributed by atoms with Gasteiger partial charge < -0.3 is 4.74 Å². The summed E-state index contributed by atoms with van der Waals surface area (Å²) in [5, 5.41) is 0. The zero-order chi connectivity index (χ0) is 9.61. The van der Waals surface area contributed by atoms with Gasteiger partial charge in [-0.3, -0.25) is 4.79 Å². The molecule has 0 rings (SSSR count). The van der Waals surface area contributed by atoms with Crippen LogP contribution in [-0.4, -0.2) is 11.6 Å². The average Bonchev–Trinajstić information content (AvgIpc) is 2.14. The van der Waals surface area contributed by atoms with E-state index in [-0.39, 0.29) is 11.6 Å². The summed E-state index contributed by atoms with van der Waals surface area (Å²) in [4.78, 5) is 11.0. The third-order valence-corrected chi connectivity index (χ3v) is 2.49. The number of carbonyl (C=O) groups excluding carboxylic acids is 1. The van der Waals surface area contributed by atoms with Gasteiger partial charge in [-0.05, 0) is 19.3 Å². The van der Waals surface area contributed by atoms with E-state index in [0.29, 0.717) is 0 Å². The molecule has 0 saturated carbocycles. The average molecular weight is 171 g/mol. The molecule has 0 aromatic heterocycles. The van der Waals surface area contributed by atoms with Crippen molar-refractivity contribution in [3.63, 3.8) is 0 Å². The number of esters is 1. The van der Waals surface area contributed by atoms with Gasteiger partial charge in [0.05, 0.1) is 6.42 Å². The molecular weight excluding hydrogens is 152 g/mol. The van der Waals surface area contributed by atoms with Crippen LogP contribution in [0.3, 0.4) is 0 Å². The third-order valence-electron chi connectivity index (χ3n) is 2.49. The highest BCUT2D eigenvalue weighted by Gasteiger charge is 2.27. The number of hydrogen-bond acceptors (Lipinski definition) is 2. The van der Waals surface area contributed by atoms with Gasteiger partial charge >= 0.3 is 5.97 Å². The summed E-state index contributed by atoms with van der Waals surface area (Å²) in [6.07, 6.45) is 4.13. The molecule has 0 aliphatic heterocycles. The standard InChI is InChI=1S/C10H19O2/c1-5-9(11)12-10(6-2,7-3)8-4/h5H,6-8H2,1-4H3. The van der Waals surface area contributed by atoms with Crippen molar-refractivity contribution in [3.8, 4) is 0 Å². The van der Waals surface area contributed by atoms with Crippen LogP contribution in [-0.2, 0) is 9.53 Å². The quantitative estimate of drug-likeness (QED) is 0.594. The van der Waals surface area contributed by atoms with Crippen LogP contribution >= 0.6 is 0 Å². The Bertz CT molecular complexity index is 129. The van der Waals surface area contributed by atoms with E-state index in [0.717, 1.165) is 19.3 Å². The van der Waals surface area contributed by atoms with Gasteiger partial charge in [-0.2, -0.15) is 0 Å². The summed E-state index contributed by atoms with van der Waals surface area (Å²) in [6.45, 7) is 7.86. The first-order valence-electron chi connectivity index (χ1n) is 4.66. The monoisotopic (exact) mass is 171 g/mol. The third kappa shape index (κ3) is 2.84. The highest BCUT2D eigenvalue weighted by atomic mass is 16.6. The van der Waals surface area contributed by atoms with Crippen molar-refractivity contribution in [2.45, 2.75) is 52.6 Å².